The molecule has 2 aromatic rings. The molecule has 2 aliphatic rings. The van der Waals surface area contributed by atoms with Crippen molar-refractivity contribution in [3.8, 4) is 0 Å². The number of piperidine rings is 1. The Bertz CT molecular complexity index is 847. The van der Waals surface area contributed by atoms with E-state index in [-0.39, 0.29) is 17.4 Å². The Hall–Kier alpha value is -2.77. The molecule has 2 aromatic heterocycles. The largest absolute Gasteiger partial charge is 0.472 e. The highest BCUT2D eigenvalue weighted by atomic mass is 16.3. The minimum Gasteiger partial charge on any atom is -0.472 e. The quantitative estimate of drug-likeness (QED) is 0.764. The molecule has 144 valence electrons. The van der Waals surface area contributed by atoms with E-state index in [1.165, 1.54) is 12.5 Å². The molecule has 0 atom stereocenters. The standard InChI is InChI=1S/C19H25N5O3/c1-21(2)18(26)23-7-5-19(6-8-23)13-24(17(25)14-4-9-27-12-14)11-15-10-22(3)20-16(15)19/h4,9-10,12H,5-8,11,13H2,1-3H3. The first-order valence-corrected chi connectivity index (χ1v) is 9.20. The number of nitrogens with zero attached hydrogens (tertiary/aromatic N) is 5. The lowest BCUT2D eigenvalue weighted by Crippen LogP contribution is -2.55. The van der Waals surface area contributed by atoms with Gasteiger partial charge in [-0.15, -0.1) is 0 Å². The lowest BCUT2D eigenvalue weighted by atomic mass is 9.72. The number of hydrogen-bond acceptors (Lipinski definition) is 4. The van der Waals surface area contributed by atoms with Crippen LogP contribution < -0.4 is 0 Å². The van der Waals surface area contributed by atoms with Crippen molar-refractivity contribution in [2.75, 3.05) is 33.7 Å². The minimum absolute atomic E-state index is 0.0237. The monoisotopic (exact) mass is 371 g/mol. The number of aromatic nitrogens is 2. The third-order valence-corrected chi connectivity index (χ3v) is 5.69. The molecule has 1 saturated heterocycles. The van der Waals surface area contributed by atoms with Crippen LogP contribution in [0.2, 0.25) is 0 Å². The van der Waals surface area contributed by atoms with Gasteiger partial charge in [0.2, 0.25) is 0 Å². The van der Waals surface area contributed by atoms with Gasteiger partial charge in [0, 0.05) is 64.5 Å². The summed E-state index contributed by atoms with van der Waals surface area (Å²) < 4.78 is 6.92. The van der Waals surface area contributed by atoms with E-state index >= 15 is 0 Å². The molecule has 0 saturated carbocycles. The fraction of sp³-hybridized carbons (Fsp3) is 0.526. The Balaban J connectivity index is 1.61. The number of aryl methyl sites for hydroxylation is 1. The van der Waals surface area contributed by atoms with Crippen molar-refractivity contribution < 1.29 is 14.0 Å². The van der Waals surface area contributed by atoms with Crippen LogP contribution in [0.1, 0.15) is 34.5 Å². The van der Waals surface area contributed by atoms with Gasteiger partial charge >= 0.3 is 6.03 Å². The number of likely N-dealkylation sites (tertiary alicyclic amines) is 1. The summed E-state index contributed by atoms with van der Waals surface area (Å²) in [6.45, 7) is 2.50. The van der Waals surface area contributed by atoms with Crippen LogP contribution in [0.15, 0.2) is 29.2 Å². The number of carbonyl (C=O) groups excluding carboxylic acids is 2. The molecular formula is C19H25N5O3. The molecule has 2 aliphatic heterocycles. The van der Waals surface area contributed by atoms with E-state index < -0.39 is 0 Å². The Morgan fingerprint density at radius 3 is 2.59 bits per heavy atom. The molecule has 0 aliphatic carbocycles. The number of fused-ring (bicyclic) bond motifs is 2. The van der Waals surface area contributed by atoms with Gasteiger partial charge in [0.15, 0.2) is 0 Å². The zero-order valence-electron chi connectivity index (χ0n) is 16.0. The summed E-state index contributed by atoms with van der Waals surface area (Å²) in [5, 5.41) is 4.74. The molecule has 1 fully saturated rings. The molecule has 4 rings (SSSR count). The zero-order chi connectivity index (χ0) is 19.2. The predicted molar refractivity (Wildman–Crippen MR) is 98.2 cm³/mol. The van der Waals surface area contributed by atoms with Crippen LogP contribution in [-0.2, 0) is 19.0 Å². The van der Waals surface area contributed by atoms with Crippen LogP contribution in [0, 0.1) is 0 Å². The Morgan fingerprint density at radius 2 is 1.96 bits per heavy atom. The van der Waals surface area contributed by atoms with E-state index in [2.05, 4.69) is 0 Å². The summed E-state index contributed by atoms with van der Waals surface area (Å²) >= 11 is 0. The summed E-state index contributed by atoms with van der Waals surface area (Å²) in [5.41, 5.74) is 2.53. The van der Waals surface area contributed by atoms with Gasteiger partial charge in [0.25, 0.3) is 5.91 Å². The Morgan fingerprint density at radius 1 is 1.22 bits per heavy atom. The van der Waals surface area contributed by atoms with Gasteiger partial charge in [-0.05, 0) is 18.9 Å². The molecule has 0 bridgehead atoms. The van der Waals surface area contributed by atoms with Gasteiger partial charge in [0.1, 0.15) is 6.26 Å². The molecule has 1 spiro atoms. The molecule has 4 heterocycles. The number of carbonyl (C=O) groups is 2. The van der Waals surface area contributed by atoms with Gasteiger partial charge in [-0.25, -0.2) is 4.79 Å². The number of rotatable bonds is 1. The van der Waals surface area contributed by atoms with Gasteiger partial charge in [-0.1, -0.05) is 0 Å². The second kappa shape index (κ2) is 6.44. The average molecular weight is 371 g/mol. The van der Waals surface area contributed by atoms with Gasteiger partial charge in [-0.3, -0.25) is 9.48 Å². The molecule has 0 N–H and O–H groups in total. The SMILES string of the molecule is CN(C)C(=O)N1CCC2(CC1)CN(C(=O)c1ccoc1)Cc1cn(C)nc12. The van der Waals surface area contributed by atoms with Crippen molar-refractivity contribution in [2.24, 2.45) is 7.05 Å². The topological polar surface area (TPSA) is 74.8 Å². The minimum atomic E-state index is -0.211. The van der Waals surface area contributed by atoms with Crippen LogP contribution in [0.25, 0.3) is 0 Å². The summed E-state index contributed by atoms with van der Waals surface area (Å²) in [7, 11) is 5.46. The smallest absolute Gasteiger partial charge is 0.319 e. The maximum absolute atomic E-state index is 12.9. The molecule has 0 aromatic carbocycles. The van der Waals surface area contributed by atoms with Crippen molar-refractivity contribution in [2.45, 2.75) is 24.8 Å². The summed E-state index contributed by atoms with van der Waals surface area (Å²) in [6.07, 6.45) is 6.61. The fourth-order valence-corrected chi connectivity index (χ4v) is 4.32. The third kappa shape index (κ3) is 2.98. The van der Waals surface area contributed by atoms with Gasteiger partial charge in [0.05, 0.1) is 17.5 Å². The number of hydrogen-bond donors (Lipinski definition) is 0. The van der Waals surface area contributed by atoms with Crippen molar-refractivity contribution in [3.05, 3.63) is 41.6 Å². The Kier molecular flexibility index (Phi) is 4.20. The van der Waals surface area contributed by atoms with Gasteiger partial charge in [-0.2, -0.15) is 5.10 Å². The summed E-state index contributed by atoms with van der Waals surface area (Å²) in [6, 6.07) is 1.74. The van der Waals surface area contributed by atoms with Crippen LogP contribution in [-0.4, -0.2) is 70.1 Å². The van der Waals surface area contributed by atoms with E-state index in [0.717, 1.165) is 24.1 Å². The normalized spacial score (nSPS) is 18.5. The third-order valence-electron chi connectivity index (χ3n) is 5.69. The van der Waals surface area contributed by atoms with E-state index in [9.17, 15) is 9.59 Å². The average Bonchev–Trinajstić information content (AvgIpc) is 3.30. The first-order valence-electron chi connectivity index (χ1n) is 9.20. The van der Waals surface area contributed by atoms with Crippen LogP contribution in [0.5, 0.6) is 0 Å². The molecule has 8 heteroatoms. The maximum atomic E-state index is 12.9. The molecule has 8 nitrogen and oxygen atoms in total. The van der Waals surface area contributed by atoms with E-state index in [4.69, 9.17) is 9.52 Å². The molecule has 27 heavy (non-hydrogen) atoms. The highest BCUT2D eigenvalue weighted by Gasteiger charge is 2.46. The van der Waals surface area contributed by atoms with E-state index in [0.29, 0.717) is 31.7 Å². The lowest BCUT2D eigenvalue weighted by molar-refractivity contribution is 0.0583. The molecule has 0 radical (unpaired) electrons. The fourth-order valence-electron chi connectivity index (χ4n) is 4.32. The van der Waals surface area contributed by atoms with Crippen LogP contribution >= 0.6 is 0 Å². The van der Waals surface area contributed by atoms with Crippen LogP contribution in [0.3, 0.4) is 0 Å². The predicted octanol–water partition coefficient (Wildman–Crippen LogP) is 1.68. The first kappa shape index (κ1) is 17.6. The highest BCUT2D eigenvalue weighted by Crippen LogP contribution is 2.41. The van der Waals surface area contributed by atoms with Crippen molar-refractivity contribution >= 4 is 11.9 Å². The second-order valence-electron chi connectivity index (χ2n) is 7.79. The van der Waals surface area contributed by atoms with E-state index in [1.807, 2.05) is 27.7 Å². The highest BCUT2D eigenvalue weighted by molar-refractivity contribution is 5.94. The van der Waals surface area contributed by atoms with E-state index in [1.54, 1.807) is 25.1 Å². The lowest BCUT2D eigenvalue weighted by Gasteiger charge is -2.46. The molecular weight excluding hydrogens is 346 g/mol. The Labute approximate surface area is 158 Å². The summed E-state index contributed by atoms with van der Waals surface area (Å²) in [4.78, 5) is 30.6. The number of furan rings is 1. The van der Waals surface area contributed by atoms with Crippen molar-refractivity contribution in [3.63, 3.8) is 0 Å². The molecule has 0 unspecified atom stereocenters. The summed E-state index contributed by atoms with van der Waals surface area (Å²) in [5.74, 6) is -0.0237. The van der Waals surface area contributed by atoms with Crippen LogP contribution in [0.4, 0.5) is 4.79 Å². The first-order chi connectivity index (χ1) is 12.9. The zero-order valence-corrected chi connectivity index (χ0v) is 16.0. The van der Waals surface area contributed by atoms with Crippen molar-refractivity contribution in [1.29, 1.82) is 0 Å². The number of urea groups is 1. The second-order valence-corrected chi connectivity index (χ2v) is 7.79. The van der Waals surface area contributed by atoms with Gasteiger partial charge < -0.3 is 19.1 Å². The van der Waals surface area contributed by atoms with Crippen molar-refractivity contribution in [1.82, 2.24) is 24.5 Å². The molecule has 3 amide bonds. The maximum Gasteiger partial charge on any atom is 0.319 e. The number of amides is 3.